The van der Waals surface area contributed by atoms with Gasteiger partial charge in [-0.1, -0.05) is 12.1 Å². The van der Waals surface area contributed by atoms with Gasteiger partial charge >= 0.3 is 0 Å². The fourth-order valence-corrected chi connectivity index (χ4v) is 2.80. The van der Waals surface area contributed by atoms with Gasteiger partial charge in [-0.15, -0.1) is 0 Å². The summed E-state index contributed by atoms with van der Waals surface area (Å²) in [6.45, 7) is 3.48. The van der Waals surface area contributed by atoms with E-state index in [4.69, 9.17) is 5.73 Å². The molecule has 6 heteroatoms. The number of anilines is 1. The molecule has 0 aromatic heterocycles. The van der Waals surface area contributed by atoms with Crippen LogP contribution < -0.4 is 11.1 Å². The molecule has 3 N–H and O–H groups in total. The van der Waals surface area contributed by atoms with Crippen molar-refractivity contribution in [2.24, 2.45) is 0 Å². The Labute approximate surface area is 101 Å². The molecule has 0 bridgehead atoms. The summed E-state index contributed by atoms with van der Waals surface area (Å²) in [7, 11) is -3.73. The number of hydrogen-bond acceptors (Lipinski definition) is 4. The number of nitrogens with one attached hydrogen (secondary N) is 1. The number of carbonyl (C=O) groups excluding carboxylic acids is 1. The van der Waals surface area contributed by atoms with Crippen LogP contribution in [0, 0.1) is 0 Å². The molecule has 1 rings (SSSR count). The molecule has 0 saturated carbocycles. The van der Waals surface area contributed by atoms with E-state index in [1.54, 1.807) is 19.1 Å². The first kappa shape index (κ1) is 13.5. The van der Waals surface area contributed by atoms with Gasteiger partial charge in [0.15, 0.2) is 9.84 Å². The van der Waals surface area contributed by atoms with Gasteiger partial charge in [-0.3, -0.25) is 4.79 Å². The highest BCUT2D eigenvalue weighted by atomic mass is 32.2. The summed E-state index contributed by atoms with van der Waals surface area (Å²) in [5, 5.41) is 1.34. The van der Waals surface area contributed by atoms with E-state index in [1.807, 2.05) is 0 Å². The van der Waals surface area contributed by atoms with Crippen LogP contribution in [0.4, 0.5) is 5.69 Å². The molecule has 0 aliphatic carbocycles. The maximum Gasteiger partial charge on any atom is 0.238 e. The van der Waals surface area contributed by atoms with Gasteiger partial charge in [0.1, 0.15) is 5.25 Å². The Bertz CT molecular complexity index is 511. The fraction of sp³-hybridized carbons (Fsp3) is 0.364. The van der Waals surface area contributed by atoms with Gasteiger partial charge in [-0.25, -0.2) is 8.42 Å². The number of nitrogens with two attached hydrogens (primary N) is 1. The van der Waals surface area contributed by atoms with E-state index in [1.165, 1.54) is 19.1 Å². The summed E-state index contributed by atoms with van der Waals surface area (Å²) >= 11 is 0. The van der Waals surface area contributed by atoms with Crippen molar-refractivity contribution in [3.8, 4) is 0 Å². The average Bonchev–Trinajstić information content (AvgIpc) is 2.28. The zero-order valence-electron chi connectivity index (χ0n) is 9.80. The molecule has 1 atom stereocenters. The Balaban J connectivity index is 3.12. The van der Waals surface area contributed by atoms with E-state index in [2.05, 4.69) is 5.32 Å². The molecule has 0 aliphatic heterocycles. The standard InChI is InChI=1S/C11H16N2O3S/c1-3-13-11(14)8(2)17(15,16)10-7-5-4-6-9(10)12/h4-8H,3,12H2,1-2H3,(H,13,14). The molecule has 0 spiro atoms. The van der Waals surface area contributed by atoms with Crippen molar-refractivity contribution in [2.75, 3.05) is 12.3 Å². The number of rotatable bonds is 4. The van der Waals surface area contributed by atoms with Crippen LogP contribution in [0.2, 0.25) is 0 Å². The smallest absolute Gasteiger partial charge is 0.238 e. The minimum atomic E-state index is -3.73. The number of carbonyl (C=O) groups is 1. The van der Waals surface area contributed by atoms with Crippen molar-refractivity contribution in [1.82, 2.24) is 5.32 Å². The number of amides is 1. The number of sulfone groups is 1. The summed E-state index contributed by atoms with van der Waals surface area (Å²) in [5.41, 5.74) is 5.76. The Morgan fingerprint density at radius 1 is 1.41 bits per heavy atom. The van der Waals surface area contributed by atoms with E-state index < -0.39 is 21.0 Å². The van der Waals surface area contributed by atoms with Crippen LogP contribution in [0.3, 0.4) is 0 Å². The fourth-order valence-electron chi connectivity index (χ4n) is 1.39. The van der Waals surface area contributed by atoms with Crippen LogP contribution in [-0.2, 0) is 14.6 Å². The van der Waals surface area contributed by atoms with Gasteiger partial charge in [0.2, 0.25) is 5.91 Å². The predicted molar refractivity (Wildman–Crippen MR) is 66.2 cm³/mol. The van der Waals surface area contributed by atoms with Gasteiger partial charge < -0.3 is 11.1 Å². The maximum absolute atomic E-state index is 12.1. The molecule has 0 saturated heterocycles. The van der Waals surface area contributed by atoms with Gasteiger partial charge in [0, 0.05) is 6.54 Å². The Morgan fingerprint density at radius 3 is 2.53 bits per heavy atom. The molecular formula is C11H16N2O3S. The second-order valence-corrected chi connectivity index (χ2v) is 5.86. The third kappa shape index (κ3) is 2.76. The van der Waals surface area contributed by atoms with E-state index in [0.29, 0.717) is 6.54 Å². The minimum absolute atomic E-state index is 0.00115. The first-order chi connectivity index (χ1) is 7.91. The van der Waals surface area contributed by atoms with Crippen LogP contribution in [0.1, 0.15) is 13.8 Å². The van der Waals surface area contributed by atoms with Crippen molar-refractivity contribution in [3.63, 3.8) is 0 Å². The van der Waals surface area contributed by atoms with Crippen molar-refractivity contribution in [1.29, 1.82) is 0 Å². The van der Waals surface area contributed by atoms with Crippen LogP contribution >= 0.6 is 0 Å². The normalized spacial score (nSPS) is 13.1. The van der Waals surface area contributed by atoms with Crippen LogP contribution in [0.5, 0.6) is 0 Å². The molecule has 0 heterocycles. The first-order valence-corrected chi connectivity index (χ1v) is 6.82. The summed E-state index contributed by atoms with van der Waals surface area (Å²) < 4.78 is 24.3. The van der Waals surface area contributed by atoms with Crippen molar-refractivity contribution >= 4 is 21.4 Å². The van der Waals surface area contributed by atoms with Crippen molar-refractivity contribution in [3.05, 3.63) is 24.3 Å². The highest BCUT2D eigenvalue weighted by molar-refractivity contribution is 7.93. The summed E-state index contributed by atoms with van der Waals surface area (Å²) in [6, 6.07) is 6.12. The second kappa shape index (κ2) is 5.18. The largest absolute Gasteiger partial charge is 0.398 e. The van der Waals surface area contributed by atoms with Gasteiger partial charge in [-0.2, -0.15) is 0 Å². The quantitative estimate of drug-likeness (QED) is 0.771. The number of nitrogen functional groups attached to an aromatic ring is 1. The van der Waals surface area contributed by atoms with Crippen LogP contribution in [0.15, 0.2) is 29.2 Å². The zero-order chi connectivity index (χ0) is 13.1. The Kier molecular flexibility index (Phi) is 4.11. The van der Waals surface area contributed by atoms with Gasteiger partial charge in [0.25, 0.3) is 0 Å². The number of hydrogen-bond donors (Lipinski definition) is 2. The molecule has 17 heavy (non-hydrogen) atoms. The predicted octanol–water partition coefficient (Wildman–Crippen LogP) is 0.567. The van der Waals surface area contributed by atoms with E-state index in [-0.39, 0.29) is 10.6 Å². The highest BCUT2D eigenvalue weighted by Gasteiger charge is 2.30. The average molecular weight is 256 g/mol. The molecular weight excluding hydrogens is 240 g/mol. The lowest BCUT2D eigenvalue weighted by molar-refractivity contribution is -0.120. The second-order valence-electron chi connectivity index (χ2n) is 3.62. The minimum Gasteiger partial charge on any atom is -0.398 e. The summed E-state index contributed by atoms with van der Waals surface area (Å²) in [5.74, 6) is -0.518. The van der Waals surface area contributed by atoms with E-state index >= 15 is 0 Å². The third-order valence-corrected chi connectivity index (χ3v) is 4.54. The first-order valence-electron chi connectivity index (χ1n) is 5.27. The molecule has 5 nitrogen and oxygen atoms in total. The van der Waals surface area contributed by atoms with Crippen LogP contribution in [0.25, 0.3) is 0 Å². The molecule has 0 fully saturated rings. The Morgan fingerprint density at radius 2 is 2.00 bits per heavy atom. The van der Waals surface area contributed by atoms with Gasteiger partial charge in [0.05, 0.1) is 10.6 Å². The molecule has 0 aliphatic rings. The van der Waals surface area contributed by atoms with Crippen LogP contribution in [-0.4, -0.2) is 26.1 Å². The lowest BCUT2D eigenvalue weighted by Gasteiger charge is -2.13. The Hall–Kier alpha value is -1.56. The molecule has 0 radical (unpaired) electrons. The van der Waals surface area contributed by atoms with Crippen molar-refractivity contribution in [2.45, 2.75) is 24.0 Å². The lowest BCUT2D eigenvalue weighted by atomic mass is 10.3. The lowest BCUT2D eigenvalue weighted by Crippen LogP contribution is -2.37. The molecule has 94 valence electrons. The van der Waals surface area contributed by atoms with Crippen molar-refractivity contribution < 1.29 is 13.2 Å². The molecule has 1 aromatic rings. The molecule has 1 aromatic carbocycles. The topological polar surface area (TPSA) is 89.3 Å². The monoisotopic (exact) mass is 256 g/mol. The highest BCUT2D eigenvalue weighted by Crippen LogP contribution is 2.22. The third-order valence-electron chi connectivity index (χ3n) is 2.41. The summed E-state index contributed by atoms with van der Waals surface area (Å²) in [6.07, 6.45) is 0. The maximum atomic E-state index is 12.1. The van der Waals surface area contributed by atoms with E-state index in [0.717, 1.165) is 0 Å². The number of para-hydroxylation sites is 1. The summed E-state index contributed by atoms with van der Waals surface area (Å²) in [4.78, 5) is 11.5. The molecule has 1 amide bonds. The SMILES string of the molecule is CCNC(=O)C(C)S(=O)(=O)c1ccccc1N. The van der Waals surface area contributed by atoms with E-state index in [9.17, 15) is 13.2 Å². The van der Waals surface area contributed by atoms with Gasteiger partial charge in [-0.05, 0) is 26.0 Å². The molecule has 1 unspecified atom stereocenters. The zero-order valence-corrected chi connectivity index (χ0v) is 10.6. The number of benzene rings is 1.